The molecule has 20 heavy (non-hydrogen) atoms. The van der Waals surface area contributed by atoms with E-state index in [1.54, 1.807) is 25.1 Å². The zero-order valence-electron chi connectivity index (χ0n) is 10.5. The van der Waals surface area contributed by atoms with E-state index in [0.29, 0.717) is 10.7 Å². The van der Waals surface area contributed by atoms with Gasteiger partial charge in [-0.25, -0.2) is 13.6 Å². The van der Waals surface area contributed by atoms with E-state index in [-0.39, 0.29) is 5.69 Å². The van der Waals surface area contributed by atoms with Crippen molar-refractivity contribution >= 4 is 29.0 Å². The first kappa shape index (κ1) is 14.3. The van der Waals surface area contributed by atoms with Crippen LogP contribution in [0.4, 0.5) is 25.0 Å². The number of halogens is 3. The molecule has 0 radical (unpaired) electrons. The molecule has 2 aromatic carbocycles. The van der Waals surface area contributed by atoms with Gasteiger partial charge in [-0.3, -0.25) is 0 Å². The summed E-state index contributed by atoms with van der Waals surface area (Å²) in [5.74, 6) is -2.00. The number of aryl methyl sites for hydroxylation is 1. The van der Waals surface area contributed by atoms with Crippen molar-refractivity contribution in [2.24, 2.45) is 0 Å². The Balaban J connectivity index is 2.11. The molecule has 0 heterocycles. The van der Waals surface area contributed by atoms with Gasteiger partial charge in [0.25, 0.3) is 0 Å². The molecule has 104 valence electrons. The van der Waals surface area contributed by atoms with Gasteiger partial charge in [-0.05, 0) is 30.7 Å². The highest BCUT2D eigenvalue weighted by molar-refractivity contribution is 6.34. The lowest BCUT2D eigenvalue weighted by atomic mass is 10.2. The molecule has 0 aliphatic carbocycles. The van der Waals surface area contributed by atoms with E-state index in [2.05, 4.69) is 10.6 Å². The van der Waals surface area contributed by atoms with Crippen LogP contribution in [0.25, 0.3) is 0 Å². The summed E-state index contributed by atoms with van der Waals surface area (Å²) in [6.07, 6.45) is 0. The first-order valence-electron chi connectivity index (χ1n) is 5.75. The van der Waals surface area contributed by atoms with Gasteiger partial charge in [0, 0.05) is 11.8 Å². The fourth-order valence-corrected chi connectivity index (χ4v) is 1.91. The molecular formula is C14H11ClF2N2O. The third-order valence-corrected chi connectivity index (χ3v) is 2.95. The highest BCUT2D eigenvalue weighted by Gasteiger charge is 2.09. The Bertz CT molecular complexity index is 641. The lowest BCUT2D eigenvalue weighted by Crippen LogP contribution is -2.20. The SMILES string of the molecule is Cc1cccc(Cl)c1NC(=O)Nc1ccc(F)c(F)c1. The van der Waals surface area contributed by atoms with Crippen molar-refractivity contribution in [2.75, 3.05) is 10.6 Å². The summed E-state index contributed by atoms with van der Waals surface area (Å²) >= 11 is 5.97. The Hall–Kier alpha value is -2.14. The van der Waals surface area contributed by atoms with Crippen molar-refractivity contribution in [1.82, 2.24) is 0 Å². The summed E-state index contributed by atoms with van der Waals surface area (Å²) in [6, 6.07) is 7.70. The molecular weight excluding hydrogens is 286 g/mol. The van der Waals surface area contributed by atoms with Crippen molar-refractivity contribution < 1.29 is 13.6 Å². The molecule has 2 rings (SSSR count). The number of nitrogens with one attached hydrogen (secondary N) is 2. The normalized spacial score (nSPS) is 10.2. The summed E-state index contributed by atoms with van der Waals surface area (Å²) in [7, 11) is 0. The number of para-hydroxylation sites is 1. The highest BCUT2D eigenvalue weighted by atomic mass is 35.5. The molecule has 2 aromatic rings. The lowest BCUT2D eigenvalue weighted by Gasteiger charge is -2.11. The number of carbonyl (C=O) groups is 1. The first-order chi connectivity index (χ1) is 9.47. The number of amides is 2. The van der Waals surface area contributed by atoms with E-state index < -0.39 is 17.7 Å². The minimum Gasteiger partial charge on any atom is -0.308 e. The van der Waals surface area contributed by atoms with E-state index in [0.717, 1.165) is 17.7 Å². The second-order valence-corrected chi connectivity index (χ2v) is 4.55. The minimum absolute atomic E-state index is 0.145. The van der Waals surface area contributed by atoms with Gasteiger partial charge in [0.05, 0.1) is 10.7 Å². The molecule has 0 aliphatic rings. The third kappa shape index (κ3) is 3.24. The predicted molar refractivity (Wildman–Crippen MR) is 75.2 cm³/mol. The lowest BCUT2D eigenvalue weighted by molar-refractivity contribution is 0.262. The third-order valence-electron chi connectivity index (χ3n) is 2.64. The van der Waals surface area contributed by atoms with Gasteiger partial charge in [0.2, 0.25) is 0 Å². The predicted octanol–water partition coefficient (Wildman–Crippen LogP) is 4.57. The molecule has 3 nitrogen and oxygen atoms in total. The summed E-state index contributed by atoms with van der Waals surface area (Å²) in [5.41, 5.74) is 1.40. The van der Waals surface area contributed by atoms with Crippen molar-refractivity contribution in [3.05, 3.63) is 58.6 Å². The molecule has 0 bridgehead atoms. The van der Waals surface area contributed by atoms with E-state index in [9.17, 15) is 13.6 Å². The topological polar surface area (TPSA) is 41.1 Å². The van der Waals surface area contributed by atoms with Crippen LogP contribution in [0, 0.1) is 18.6 Å². The van der Waals surface area contributed by atoms with Gasteiger partial charge in [-0.1, -0.05) is 23.7 Å². The number of carbonyl (C=O) groups excluding carboxylic acids is 1. The number of rotatable bonds is 2. The van der Waals surface area contributed by atoms with Crippen LogP contribution in [0.2, 0.25) is 5.02 Å². The second-order valence-electron chi connectivity index (χ2n) is 4.14. The van der Waals surface area contributed by atoms with Gasteiger partial charge >= 0.3 is 6.03 Å². The van der Waals surface area contributed by atoms with Crippen LogP contribution < -0.4 is 10.6 Å². The van der Waals surface area contributed by atoms with Gasteiger partial charge in [-0.2, -0.15) is 0 Å². The molecule has 0 saturated carbocycles. The summed E-state index contributed by atoms with van der Waals surface area (Å²) < 4.78 is 25.8. The Morgan fingerprint density at radius 2 is 1.85 bits per heavy atom. The highest BCUT2D eigenvalue weighted by Crippen LogP contribution is 2.25. The zero-order valence-corrected chi connectivity index (χ0v) is 11.3. The molecule has 0 unspecified atom stereocenters. The second kappa shape index (κ2) is 5.88. The van der Waals surface area contributed by atoms with Crippen LogP contribution in [0.1, 0.15) is 5.56 Å². The van der Waals surface area contributed by atoms with Gasteiger partial charge in [-0.15, -0.1) is 0 Å². The molecule has 0 spiro atoms. The molecule has 2 N–H and O–H groups in total. The van der Waals surface area contributed by atoms with E-state index in [1.165, 1.54) is 6.07 Å². The van der Waals surface area contributed by atoms with Crippen molar-refractivity contribution in [3.8, 4) is 0 Å². The Labute approximate surface area is 119 Å². The van der Waals surface area contributed by atoms with Gasteiger partial charge < -0.3 is 10.6 Å². The maximum atomic E-state index is 13.0. The van der Waals surface area contributed by atoms with Crippen LogP contribution in [-0.4, -0.2) is 6.03 Å². The number of hydrogen-bond donors (Lipinski definition) is 2. The van der Waals surface area contributed by atoms with E-state index >= 15 is 0 Å². The summed E-state index contributed by atoms with van der Waals surface area (Å²) in [6.45, 7) is 1.79. The van der Waals surface area contributed by atoms with Gasteiger partial charge in [0.1, 0.15) is 0 Å². The number of urea groups is 1. The zero-order chi connectivity index (χ0) is 14.7. The maximum Gasteiger partial charge on any atom is 0.323 e. The summed E-state index contributed by atoms with van der Waals surface area (Å²) in [4.78, 5) is 11.8. The Kier molecular flexibility index (Phi) is 4.20. The maximum absolute atomic E-state index is 13.0. The standard InChI is InChI=1S/C14H11ClF2N2O/c1-8-3-2-4-10(15)13(8)19-14(20)18-9-5-6-11(16)12(17)7-9/h2-7H,1H3,(H2,18,19,20). The van der Waals surface area contributed by atoms with Crippen LogP contribution in [0.5, 0.6) is 0 Å². The van der Waals surface area contributed by atoms with Crippen molar-refractivity contribution in [3.63, 3.8) is 0 Å². The fourth-order valence-electron chi connectivity index (χ4n) is 1.64. The Morgan fingerprint density at radius 3 is 2.50 bits per heavy atom. The number of anilines is 2. The molecule has 0 atom stereocenters. The average Bonchev–Trinajstić information content (AvgIpc) is 2.38. The monoisotopic (exact) mass is 296 g/mol. The average molecular weight is 297 g/mol. The van der Waals surface area contributed by atoms with Crippen LogP contribution in [-0.2, 0) is 0 Å². The van der Waals surface area contributed by atoms with Crippen LogP contribution in [0.3, 0.4) is 0 Å². The Morgan fingerprint density at radius 1 is 1.10 bits per heavy atom. The van der Waals surface area contributed by atoms with E-state index in [4.69, 9.17) is 11.6 Å². The van der Waals surface area contributed by atoms with E-state index in [1.807, 2.05) is 0 Å². The van der Waals surface area contributed by atoms with Crippen LogP contribution in [0.15, 0.2) is 36.4 Å². The molecule has 0 aliphatic heterocycles. The first-order valence-corrected chi connectivity index (χ1v) is 6.13. The molecule has 0 saturated heterocycles. The smallest absolute Gasteiger partial charge is 0.308 e. The number of benzene rings is 2. The van der Waals surface area contributed by atoms with Crippen molar-refractivity contribution in [1.29, 1.82) is 0 Å². The van der Waals surface area contributed by atoms with Gasteiger partial charge in [0.15, 0.2) is 11.6 Å². The molecule has 0 fully saturated rings. The minimum atomic E-state index is -1.03. The molecule has 2 amide bonds. The van der Waals surface area contributed by atoms with Crippen molar-refractivity contribution in [2.45, 2.75) is 6.92 Å². The largest absolute Gasteiger partial charge is 0.323 e. The fraction of sp³-hybridized carbons (Fsp3) is 0.0714. The molecule has 6 heteroatoms. The quantitative estimate of drug-likeness (QED) is 0.837. The number of hydrogen-bond acceptors (Lipinski definition) is 1. The molecule has 0 aromatic heterocycles. The summed E-state index contributed by atoms with van der Waals surface area (Å²) in [5, 5.41) is 5.35. The van der Waals surface area contributed by atoms with Crippen LogP contribution >= 0.6 is 11.6 Å².